The molecule has 0 aliphatic carbocycles. The summed E-state index contributed by atoms with van der Waals surface area (Å²) in [6.07, 6.45) is 0. The number of aromatic amines is 1. The number of aromatic nitrogens is 2. The van der Waals surface area contributed by atoms with Gasteiger partial charge in [-0.05, 0) is 46.2 Å². The van der Waals surface area contributed by atoms with Crippen LogP contribution in [0, 0.1) is 0 Å². The summed E-state index contributed by atoms with van der Waals surface area (Å²) in [5.74, 6) is 0.101. The molecule has 0 fully saturated rings. The van der Waals surface area contributed by atoms with Gasteiger partial charge in [-0.15, -0.1) is 0 Å². The van der Waals surface area contributed by atoms with Crippen molar-refractivity contribution in [3.05, 3.63) is 84.9 Å². The number of nitrogens with one attached hydrogen (secondary N) is 1. The molecule has 0 spiro atoms. The van der Waals surface area contributed by atoms with Crippen LogP contribution in [0.4, 0.5) is 0 Å². The molecule has 0 amide bonds. The molecule has 4 N–H and O–H groups in total. The second kappa shape index (κ2) is 7.56. The molecular weight excluding hydrogens is 464 g/mol. The molecule has 35 heavy (non-hydrogen) atoms. The predicted octanol–water partition coefficient (Wildman–Crippen LogP) is 5.86. The average Bonchev–Trinajstić information content (AvgIpc) is 3.26. The van der Waals surface area contributed by atoms with Gasteiger partial charge in [-0.1, -0.05) is 60.7 Å². The van der Waals surface area contributed by atoms with Crippen LogP contribution in [0.5, 0.6) is 11.5 Å². The maximum absolute atomic E-state index is 12.0. The van der Waals surface area contributed by atoms with Crippen molar-refractivity contribution in [2.75, 3.05) is 0 Å². The highest BCUT2D eigenvalue weighted by Crippen LogP contribution is 2.39. The monoisotopic (exact) mass is 482 g/mol. The Bertz CT molecular complexity index is 1900. The molecule has 0 aliphatic heterocycles. The Morgan fingerprint density at radius 2 is 1.49 bits per heavy atom. The van der Waals surface area contributed by atoms with E-state index < -0.39 is 10.1 Å². The zero-order valence-corrected chi connectivity index (χ0v) is 18.9. The first-order valence-corrected chi connectivity index (χ1v) is 12.2. The molecule has 8 heteroatoms. The number of fused-ring (bicyclic) bond motifs is 4. The SMILES string of the molecule is O=S(=O)(O)c1cc2[nH]c(-c3ccc(-c4cccc5ccccc45)cc3O)nc2c2c(O)cccc12. The number of aromatic hydroxyl groups is 2. The molecule has 0 radical (unpaired) electrons. The Morgan fingerprint density at radius 3 is 2.29 bits per heavy atom. The summed E-state index contributed by atoms with van der Waals surface area (Å²) >= 11 is 0. The van der Waals surface area contributed by atoms with Crippen LogP contribution in [-0.4, -0.2) is 33.2 Å². The first-order chi connectivity index (χ1) is 16.8. The number of nitrogens with zero attached hydrogens (tertiary/aromatic N) is 1. The van der Waals surface area contributed by atoms with Crippen molar-refractivity contribution in [2.24, 2.45) is 0 Å². The van der Waals surface area contributed by atoms with Crippen molar-refractivity contribution in [1.82, 2.24) is 9.97 Å². The summed E-state index contributed by atoms with van der Waals surface area (Å²) in [6.45, 7) is 0. The van der Waals surface area contributed by atoms with Crippen LogP contribution in [0.25, 0.3) is 55.1 Å². The van der Waals surface area contributed by atoms with Crippen LogP contribution in [0.1, 0.15) is 0 Å². The smallest absolute Gasteiger partial charge is 0.295 e. The van der Waals surface area contributed by atoms with E-state index in [1.165, 1.54) is 24.3 Å². The molecule has 6 aromatic rings. The fourth-order valence-corrected chi connectivity index (χ4v) is 5.32. The van der Waals surface area contributed by atoms with E-state index in [0.717, 1.165) is 21.9 Å². The van der Waals surface area contributed by atoms with E-state index in [2.05, 4.69) is 9.97 Å². The number of hydrogen-bond acceptors (Lipinski definition) is 5. The molecule has 1 aromatic heterocycles. The fourth-order valence-electron chi connectivity index (χ4n) is 4.60. The van der Waals surface area contributed by atoms with Crippen molar-refractivity contribution in [1.29, 1.82) is 0 Å². The van der Waals surface area contributed by atoms with Crippen LogP contribution in [0.15, 0.2) is 89.8 Å². The maximum atomic E-state index is 12.0. The van der Waals surface area contributed by atoms with Gasteiger partial charge in [-0.3, -0.25) is 4.55 Å². The van der Waals surface area contributed by atoms with Gasteiger partial charge in [0.1, 0.15) is 27.7 Å². The number of H-pyrrole nitrogens is 1. The van der Waals surface area contributed by atoms with Gasteiger partial charge in [-0.25, -0.2) is 4.98 Å². The third-order valence-corrected chi connectivity index (χ3v) is 7.08. The third kappa shape index (κ3) is 3.39. The Labute approximate surface area is 199 Å². The lowest BCUT2D eigenvalue weighted by molar-refractivity contribution is 0.477. The van der Waals surface area contributed by atoms with Crippen molar-refractivity contribution in [3.8, 4) is 34.0 Å². The number of hydrogen-bond donors (Lipinski definition) is 4. The van der Waals surface area contributed by atoms with E-state index in [9.17, 15) is 23.2 Å². The van der Waals surface area contributed by atoms with Gasteiger partial charge in [0, 0.05) is 5.39 Å². The Kier molecular flexibility index (Phi) is 4.57. The summed E-state index contributed by atoms with van der Waals surface area (Å²) in [7, 11) is -4.56. The number of benzene rings is 5. The van der Waals surface area contributed by atoms with Gasteiger partial charge in [0.05, 0.1) is 16.5 Å². The zero-order chi connectivity index (χ0) is 24.3. The van der Waals surface area contributed by atoms with Crippen molar-refractivity contribution < 1.29 is 23.2 Å². The van der Waals surface area contributed by atoms with Gasteiger partial charge in [0.2, 0.25) is 0 Å². The van der Waals surface area contributed by atoms with E-state index in [-0.39, 0.29) is 27.2 Å². The Balaban J connectivity index is 1.54. The normalized spacial score (nSPS) is 12.0. The topological polar surface area (TPSA) is 124 Å². The molecule has 7 nitrogen and oxygen atoms in total. The molecule has 1 heterocycles. The summed E-state index contributed by atoms with van der Waals surface area (Å²) in [5.41, 5.74) is 2.82. The number of phenolic OH excluding ortho intramolecular Hbond substituents is 2. The largest absolute Gasteiger partial charge is 0.507 e. The Morgan fingerprint density at radius 1 is 0.743 bits per heavy atom. The summed E-state index contributed by atoms with van der Waals surface area (Å²) in [6, 6.07) is 24.9. The van der Waals surface area contributed by atoms with Gasteiger partial charge >= 0.3 is 0 Å². The minimum Gasteiger partial charge on any atom is -0.507 e. The van der Waals surface area contributed by atoms with E-state index in [1.54, 1.807) is 12.1 Å². The fraction of sp³-hybridized carbons (Fsp3) is 0. The first-order valence-electron chi connectivity index (χ1n) is 10.7. The maximum Gasteiger partial charge on any atom is 0.295 e. The molecule has 0 aliphatic rings. The quantitative estimate of drug-likeness (QED) is 0.234. The molecule has 0 bridgehead atoms. The van der Waals surface area contributed by atoms with Crippen LogP contribution >= 0.6 is 0 Å². The van der Waals surface area contributed by atoms with E-state index >= 15 is 0 Å². The third-order valence-electron chi connectivity index (χ3n) is 6.18. The number of imidazole rings is 1. The summed E-state index contributed by atoms with van der Waals surface area (Å²) in [4.78, 5) is 7.23. The van der Waals surface area contributed by atoms with Gasteiger partial charge < -0.3 is 15.2 Å². The molecule has 0 unspecified atom stereocenters. The van der Waals surface area contributed by atoms with Crippen LogP contribution in [0.3, 0.4) is 0 Å². The number of phenols is 2. The molecule has 0 atom stereocenters. The van der Waals surface area contributed by atoms with Crippen molar-refractivity contribution >= 4 is 42.7 Å². The van der Waals surface area contributed by atoms with Gasteiger partial charge in [-0.2, -0.15) is 8.42 Å². The lowest BCUT2D eigenvalue weighted by Crippen LogP contribution is -1.99. The average molecular weight is 483 g/mol. The van der Waals surface area contributed by atoms with E-state index in [1.807, 2.05) is 48.5 Å². The zero-order valence-electron chi connectivity index (χ0n) is 18.1. The highest BCUT2D eigenvalue weighted by molar-refractivity contribution is 7.86. The van der Waals surface area contributed by atoms with Crippen molar-refractivity contribution in [2.45, 2.75) is 4.90 Å². The molecule has 0 saturated carbocycles. The standard InChI is InChI=1S/C27H18N2O5S/c30-22-10-4-9-20-24(35(32,33)34)14-21-26(25(20)22)29-27(28-21)19-12-11-16(13-23(19)31)18-8-3-6-15-5-1-2-7-17(15)18/h1-14,30-31H,(H,28,29)(H,32,33,34). The second-order valence-electron chi connectivity index (χ2n) is 8.29. The highest BCUT2D eigenvalue weighted by atomic mass is 32.2. The minimum atomic E-state index is -4.56. The highest BCUT2D eigenvalue weighted by Gasteiger charge is 2.21. The minimum absolute atomic E-state index is 0.0157. The lowest BCUT2D eigenvalue weighted by Gasteiger charge is -2.09. The molecule has 0 saturated heterocycles. The summed E-state index contributed by atoms with van der Waals surface area (Å²) < 4.78 is 33.7. The van der Waals surface area contributed by atoms with Crippen LogP contribution < -0.4 is 0 Å². The molecular formula is C27H18N2O5S. The van der Waals surface area contributed by atoms with Gasteiger partial charge in [0.15, 0.2) is 0 Å². The van der Waals surface area contributed by atoms with Crippen LogP contribution in [-0.2, 0) is 10.1 Å². The molecule has 6 rings (SSSR count). The molecule has 5 aromatic carbocycles. The summed E-state index contributed by atoms with van der Waals surface area (Å²) in [5, 5.41) is 23.9. The number of rotatable bonds is 3. The van der Waals surface area contributed by atoms with Gasteiger partial charge in [0.25, 0.3) is 10.1 Å². The first kappa shape index (κ1) is 21.2. The van der Waals surface area contributed by atoms with E-state index in [4.69, 9.17) is 0 Å². The Hall–Kier alpha value is -4.40. The van der Waals surface area contributed by atoms with Crippen molar-refractivity contribution in [3.63, 3.8) is 0 Å². The van der Waals surface area contributed by atoms with Crippen LogP contribution in [0.2, 0.25) is 0 Å². The van der Waals surface area contributed by atoms with E-state index in [0.29, 0.717) is 22.4 Å². The predicted molar refractivity (Wildman–Crippen MR) is 135 cm³/mol. The second-order valence-corrected chi connectivity index (χ2v) is 9.68. The molecule has 172 valence electrons. The lowest BCUT2D eigenvalue weighted by atomic mass is 9.97.